The summed E-state index contributed by atoms with van der Waals surface area (Å²) in [6.07, 6.45) is 2.42. The van der Waals surface area contributed by atoms with Crippen LogP contribution < -0.4 is 20.3 Å². The van der Waals surface area contributed by atoms with E-state index in [9.17, 15) is 9.59 Å². The van der Waals surface area contributed by atoms with Crippen LogP contribution in [0.4, 0.5) is 0 Å². The molecule has 0 atom stereocenters. The van der Waals surface area contributed by atoms with Gasteiger partial charge in [0.2, 0.25) is 0 Å². The molecule has 0 aliphatic rings. The van der Waals surface area contributed by atoms with Crippen LogP contribution in [0, 0.1) is 13.8 Å². The van der Waals surface area contributed by atoms with Crippen molar-refractivity contribution in [2.75, 3.05) is 13.2 Å². The van der Waals surface area contributed by atoms with Crippen LogP contribution in [0.2, 0.25) is 0 Å². The lowest BCUT2D eigenvalue weighted by Crippen LogP contribution is -2.25. The van der Waals surface area contributed by atoms with Crippen molar-refractivity contribution in [1.82, 2.24) is 10.9 Å². The van der Waals surface area contributed by atoms with Crippen molar-refractivity contribution in [3.63, 3.8) is 0 Å². The van der Waals surface area contributed by atoms with Gasteiger partial charge in [-0.15, -0.1) is 0 Å². The Labute approximate surface area is 218 Å². The Morgan fingerprint density at radius 2 is 1.06 bits per heavy atom. The van der Waals surface area contributed by atoms with Gasteiger partial charge in [-0.25, -0.2) is 10.9 Å². The number of hydrogen-bond donors (Lipinski definition) is 2. The van der Waals surface area contributed by atoms with E-state index in [1.807, 2.05) is 38.1 Å². The molecule has 0 aromatic heterocycles. The van der Waals surface area contributed by atoms with Crippen molar-refractivity contribution in [1.29, 1.82) is 0 Å². The largest absolute Gasteiger partial charge is 0.481 e. The Morgan fingerprint density at radius 1 is 0.750 bits per heavy atom. The SMILES string of the molecule is Cc1cc(Br)c(OCC(=O)N/N=C/C=N/NC(=O)COc2c(Br)cc(C)cc2Br)c(Br)c1. The standard InChI is InChI=1S/C20H18Br4N4O4/c1-11-5-13(21)19(14(22)6-11)31-9-17(29)27-25-3-4-26-28-18(30)10-32-20-15(23)7-12(2)8-16(20)24/h3-8H,9-10H2,1-2H3,(H,27,29)(H,28,30)/b25-3+,26-4+. The van der Waals surface area contributed by atoms with Crippen LogP contribution in [0.25, 0.3) is 0 Å². The highest BCUT2D eigenvalue weighted by Crippen LogP contribution is 2.35. The van der Waals surface area contributed by atoms with Gasteiger partial charge >= 0.3 is 0 Å². The third-order valence-corrected chi connectivity index (χ3v) is 5.93. The number of aryl methyl sites for hydroxylation is 2. The van der Waals surface area contributed by atoms with Crippen molar-refractivity contribution in [2.45, 2.75) is 13.8 Å². The zero-order chi connectivity index (χ0) is 23.7. The summed E-state index contributed by atoms with van der Waals surface area (Å²) >= 11 is 13.6. The van der Waals surface area contributed by atoms with E-state index < -0.39 is 11.8 Å². The monoisotopic (exact) mass is 694 g/mol. The first-order chi connectivity index (χ1) is 15.2. The Hall–Kier alpha value is -1.76. The maximum Gasteiger partial charge on any atom is 0.277 e. The number of nitrogens with zero attached hydrogens (tertiary/aromatic N) is 2. The van der Waals surface area contributed by atoms with Crippen molar-refractivity contribution < 1.29 is 19.1 Å². The zero-order valence-corrected chi connectivity index (χ0v) is 23.3. The quantitative estimate of drug-likeness (QED) is 0.284. The molecule has 0 fully saturated rings. The molecule has 0 unspecified atom stereocenters. The number of nitrogens with one attached hydrogen (secondary N) is 2. The van der Waals surface area contributed by atoms with Crippen LogP contribution in [0.5, 0.6) is 11.5 Å². The molecule has 0 radical (unpaired) electrons. The first-order valence-corrected chi connectivity index (χ1v) is 12.1. The molecule has 2 aromatic carbocycles. The van der Waals surface area contributed by atoms with E-state index in [0.29, 0.717) is 11.5 Å². The zero-order valence-electron chi connectivity index (χ0n) is 16.9. The molecule has 2 rings (SSSR count). The minimum Gasteiger partial charge on any atom is -0.481 e. The van der Waals surface area contributed by atoms with E-state index in [1.165, 1.54) is 12.4 Å². The molecular formula is C20H18Br4N4O4. The van der Waals surface area contributed by atoms with Crippen LogP contribution >= 0.6 is 63.7 Å². The van der Waals surface area contributed by atoms with Crippen LogP contribution in [0.15, 0.2) is 52.4 Å². The average molecular weight is 698 g/mol. The lowest BCUT2D eigenvalue weighted by Gasteiger charge is -2.10. The molecule has 0 heterocycles. The molecule has 170 valence electrons. The van der Waals surface area contributed by atoms with Crippen LogP contribution in [-0.2, 0) is 9.59 Å². The summed E-state index contributed by atoms with van der Waals surface area (Å²) in [5, 5.41) is 7.38. The highest BCUT2D eigenvalue weighted by atomic mass is 79.9. The Morgan fingerprint density at radius 3 is 1.38 bits per heavy atom. The van der Waals surface area contributed by atoms with Crippen LogP contribution in [0.1, 0.15) is 11.1 Å². The van der Waals surface area contributed by atoms with E-state index in [-0.39, 0.29) is 13.2 Å². The maximum absolute atomic E-state index is 11.8. The molecular weight excluding hydrogens is 680 g/mol. The number of hydrazone groups is 2. The average Bonchev–Trinajstić information content (AvgIpc) is 2.68. The van der Waals surface area contributed by atoms with Crippen molar-refractivity contribution >= 4 is 88.0 Å². The Bertz CT molecular complexity index is 930. The summed E-state index contributed by atoms with van der Waals surface area (Å²) < 4.78 is 13.9. The number of rotatable bonds is 9. The van der Waals surface area contributed by atoms with Gasteiger partial charge in [0.15, 0.2) is 13.2 Å². The van der Waals surface area contributed by atoms with Gasteiger partial charge in [0.25, 0.3) is 11.8 Å². The van der Waals surface area contributed by atoms with Gasteiger partial charge in [0.05, 0.1) is 30.3 Å². The lowest BCUT2D eigenvalue weighted by atomic mass is 10.2. The number of carbonyl (C=O) groups excluding carboxylic acids is 2. The van der Waals surface area contributed by atoms with Crippen molar-refractivity contribution in [3.05, 3.63) is 53.3 Å². The Balaban J connectivity index is 1.70. The number of hydrogen-bond acceptors (Lipinski definition) is 6. The molecule has 0 aliphatic carbocycles. The third-order valence-electron chi connectivity index (χ3n) is 3.57. The fraction of sp³-hybridized carbons (Fsp3) is 0.200. The van der Waals surface area contributed by atoms with Gasteiger partial charge in [0, 0.05) is 0 Å². The molecule has 0 spiro atoms. The highest BCUT2D eigenvalue weighted by Gasteiger charge is 2.11. The van der Waals surface area contributed by atoms with E-state index in [2.05, 4.69) is 84.8 Å². The first kappa shape index (κ1) is 26.5. The fourth-order valence-corrected chi connectivity index (χ4v) is 5.56. The highest BCUT2D eigenvalue weighted by molar-refractivity contribution is 9.11. The van der Waals surface area contributed by atoms with Gasteiger partial charge in [-0.1, -0.05) is 0 Å². The van der Waals surface area contributed by atoms with Gasteiger partial charge in [0.1, 0.15) is 11.5 Å². The van der Waals surface area contributed by atoms with Crippen molar-refractivity contribution in [3.8, 4) is 11.5 Å². The minimum absolute atomic E-state index is 0.229. The summed E-state index contributed by atoms with van der Waals surface area (Å²) in [6.45, 7) is 3.43. The normalized spacial score (nSPS) is 11.1. The van der Waals surface area contributed by atoms with E-state index >= 15 is 0 Å². The van der Waals surface area contributed by atoms with Crippen LogP contribution in [0.3, 0.4) is 0 Å². The molecule has 32 heavy (non-hydrogen) atoms. The van der Waals surface area contributed by atoms with Crippen LogP contribution in [-0.4, -0.2) is 37.5 Å². The summed E-state index contributed by atoms with van der Waals surface area (Å²) in [6, 6.07) is 7.52. The molecule has 0 saturated carbocycles. The predicted molar refractivity (Wildman–Crippen MR) is 137 cm³/mol. The molecule has 2 aromatic rings. The maximum atomic E-state index is 11.8. The number of halogens is 4. The topological polar surface area (TPSA) is 101 Å². The number of ether oxygens (including phenoxy) is 2. The summed E-state index contributed by atoms with van der Waals surface area (Å²) in [4.78, 5) is 23.6. The fourth-order valence-electron chi connectivity index (χ4n) is 2.27. The van der Waals surface area contributed by atoms with Gasteiger partial charge in [-0.3, -0.25) is 9.59 Å². The lowest BCUT2D eigenvalue weighted by molar-refractivity contribution is -0.123. The predicted octanol–water partition coefficient (Wildman–Crippen LogP) is 5.02. The first-order valence-electron chi connectivity index (χ1n) is 8.96. The molecule has 0 bridgehead atoms. The number of carbonyl (C=O) groups is 2. The van der Waals surface area contributed by atoms with E-state index in [0.717, 1.165) is 29.0 Å². The molecule has 8 nitrogen and oxygen atoms in total. The smallest absolute Gasteiger partial charge is 0.277 e. The molecule has 2 N–H and O–H groups in total. The number of amides is 2. The third kappa shape index (κ3) is 8.64. The van der Waals surface area contributed by atoms with E-state index in [1.54, 1.807) is 0 Å². The van der Waals surface area contributed by atoms with Crippen molar-refractivity contribution in [2.24, 2.45) is 10.2 Å². The van der Waals surface area contributed by atoms with Gasteiger partial charge < -0.3 is 9.47 Å². The second kappa shape index (κ2) is 13.1. The van der Waals surface area contributed by atoms with Gasteiger partial charge in [-0.2, -0.15) is 10.2 Å². The summed E-state index contributed by atoms with van der Waals surface area (Å²) in [5.41, 5.74) is 6.66. The molecule has 2 amide bonds. The summed E-state index contributed by atoms with van der Waals surface area (Å²) in [5.74, 6) is 0.123. The number of benzene rings is 2. The molecule has 0 saturated heterocycles. The second-order valence-electron chi connectivity index (χ2n) is 6.32. The molecule has 12 heteroatoms. The van der Waals surface area contributed by atoms with E-state index in [4.69, 9.17) is 9.47 Å². The summed E-state index contributed by atoms with van der Waals surface area (Å²) in [7, 11) is 0. The Kier molecular flexibility index (Phi) is 10.8. The minimum atomic E-state index is -0.458. The molecule has 0 aliphatic heterocycles. The van der Waals surface area contributed by atoms with Gasteiger partial charge in [-0.05, 0) is 113 Å². The second-order valence-corrected chi connectivity index (χ2v) is 9.74.